The van der Waals surface area contributed by atoms with E-state index in [1.807, 2.05) is 6.07 Å². The highest BCUT2D eigenvalue weighted by atomic mass is 35.5. The van der Waals surface area contributed by atoms with Gasteiger partial charge in [-0.2, -0.15) is 8.78 Å². The molecule has 1 aliphatic heterocycles. The van der Waals surface area contributed by atoms with Gasteiger partial charge in [-0.05, 0) is 57.1 Å². The number of hydrogen-bond acceptors (Lipinski definition) is 4. The average molecular weight is 351 g/mol. The van der Waals surface area contributed by atoms with Gasteiger partial charge in [0.2, 0.25) is 0 Å². The van der Waals surface area contributed by atoms with Crippen LogP contribution in [0.2, 0.25) is 0 Å². The van der Waals surface area contributed by atoms with Gasteiger partial charge in [-0.25, -0.2) is 0 Å². The Labute approximate surface area is 142 Å². The van der Waals surface area contributed by atoms with Gasteiger partial charge in [0.25, 0.3) is 0 Å². The molecule has 7 heteroatoms. The number of nitrogens with one attached hydrogen (secondary N) is 1. The standard InChI is InChI=1S/C16H24F2N2O2.ClH/c1-20(13-4-3-8-19-9-7-13)11-12-5-6-14(21-2)15(10-12)22-16(17)18;/h5-6,10,13,16,19H,3-4,7-9,11H2,1-2H3;1H. The molecule has 132 valence electrons. The lowest BCUT2D eigenvalue weighted by Gasteiger charge is -2.27. The summed E-state index contributed by atoms with van der Waals surface area (Å²) in [5, 5.41) is 3.40. The molecule has 1 aromatic rings. The molecule has 1 saturated heterocycles. The van der Waals surface area contributed by atoms with Crippen LogP contribution in [0, 0.1) is 0 Å². The van der Waals surface area contributed by atoms with Crippen molar-refractivity contribution in [1.82, 2.24) is 10.2 Å². The zero-order valence-corrected chi connectivity index (χ0v) is 14.4. The van der Waals surface area contributed by atoms with E-state index in [-0.39, 0.29) is 18.2 Å². The summed E-state index contributed by atoms with van der Waals surface area (Å²) in [4.78, 5) is 2.28. The Kier molecular flexibility index (Phi) is 8.58. The molecule has 1 aliphatic rings. The lowest BCUT2D eigenvalue weighted by molar-refractivity contribution is -0.0512. The molecule has 0 amide bonds. The minimum atomic E-state index is -2.85. The average Bonchev–Trinajstić information content (AvgIpc) is 2.76. The van der Waals surface area contributed by atoms with Crippen molar-refractivity contribution in [2.24, 2.45) is 0 Å². The van der Waals surface area contributed by atoms with Crippen molar-refractivity contribution >= 4 is 12.4 Å². The van der Waals surface area contributed by atoms with Crippen LogP contribution in [0.3, 0.4) is 0 Å². The number of methoxy groups -OCH3 is 1. The maximum Gasteiger partial charge on any atom is 0.387 e. The molecule has 4 nitrogen and oxygen atoms in total. The van der Waals surface area contributed by atoms with Crippen LogP contribution < -0.4 is 14.8 Å². The van der Waals surface area contributed by atoms with Crippen molar-refractivity contribution in [3.63, 3.8) is 0 Å². The van der Waals surface area contributed by atoms with E-state index in [1.165, 1.54) is 7.11 Å². The van der Waals surface area contributed by atoms with Crippen molar-refractivity contribution in [2.75, 3.05) is 27.2 Å². The SMILES string of the molecule is COc1ccc(CN(C)C2CCCNCC2)cc1OC(F)F.Cl. The van der Waals surface area contributed by atoms with Crippen LogP contribution in [0.1, 0.15) is 24.8 Å². The summed E-state index contributed by atoms with van der Waals surface area (Å²) in [6, 6.07) is 5.71. The second kappa shape index (κ2) is 9.90. The molecule has 0 saturated carbocycles. The second-order valence-electron chi connectivity index (χ2n) is 5.61. The molecule has 1 fully saturated rings. The van der Waals surface area contributed by atoms with Gasteiger partial charge in [-0.15, -0.1) is 12.4 Å². The largest absolute Gasteiger partial charge is 0.493 e. The van der Waals surface area contributed by atoms with Gasteiger partial charge < -0.3 is 14.8 Å². The molecule has 1 aromatic carbocycles. The zero-order chi connectivity index (χ0) is 15.9. The van der Waals surface area contributed by atoms with Crippen LogP contribution in [-0.2, 0) is 6.54 Å². The van der Waals surface area contributed by atoms with Crippen LogP contribution >= 0.6 is 12.4 Å². The topological polar surface area (TPSA) is 33.7 Å². The summed E-state index contributed by atoms with van der Waals surface area (Å²) >= 11 is 0. The van der Waals surface area contributed by atoms with E-state index in [2.05, 4.69) is 22.0 Å². The monoisotopic (exact) mass is 350 g/mol. The molecule has 0 aromatic heterocycles. The van der Waals surface area contributed by atoms with Gasteiger partial charge in [0.15, 0.2) is 11.5 Å². The highest BCUT2D eigenvalue weighted by molar-refractivity contribution is 5.85. The van der Waals surface area contributed by atoms with Crippen molar-refractivity contribution in [3.05, 3.63) is 23.8 Å². The van der Waals surface area contributed by atoms with Gasteiger partial charge in [-0.3, -0.25) is 4.90 Å². The van der Waals surface area contributed by atoms with Crippen molar-refractivity contribution < 1.29 is 18.3 Å². The zero-order valence-electron chi connectivity index (χ0n) is 13.6. The number of hydrogen-bond donors (Lipinski definition) is 1. The molecule has 1 N–H and O–H groups in total. The normalized spacial score (nSPS) is 18.4. The number of rotatable bonds is 6. The Morgan fingerprint density at radius 2 is 2.04 bits per heavy atom. The van der Waals surface area contributed by atoms with E-state index in [4.69, 9.17) is 4.74 Å². The van der Waals surface area contributed by atoms with Crippen molar-refractivity contribution in [3.8, 4) is 11.5 Å². The smallest absolute Gasteiger partial charge is 0.387 e. The Balaban J connectivity index is 0.00000264. The fourth-order valence-electron chi connectivity index (χ4n) is 2.87. The van der Waals surface area contributed by atoms with E-state index >= 15 is 0 Å². The van der Waals surface area contributed by atoms with E-state index in [0.29, 0.717) is 18.3 Å². The van der Waals surface area contributed by atoms with Crippen molar-refractivity contribution in [1.29, 1.82) is 0 Å². The molecule has 23 heavy (non-hydrogen) atoms. The summed E-state index contributed by atoms with van der Waals surface area (Å²) in [6.45, 7) is -0.0555. The second-order valence-corrected chi connectivity index (χ2v) is 5.61. The first-order valence-electron chi connectivity index (χ1n) is 7.63. The number of benzene rings is 1. The van der Waals surface area contributed by atoms with E-state index < -0.39 is 6.61 Å². The molecule has 1 unspecified atom stereocenters. The third-order valence-electron chi connectivity index (χ3n) is 4.04. The van der Waals surface area contributed by atoms with Crippen LogP contribution in [0.15, 0.2) is 18.2 Å². The van der Waals surface area contributed by atoms with Crippen LogP contribution in [-0.4, -0.2) is 44.8 Å². The molecule has 0 aliphatic carbocycles. The van der Waals surface area contributed by atoms with Crippen LogP contribution in [0.5, 0.6) is 11.5 Å². The minimum Gasteiger partial charge on any atom is -0.493 e. The maximum absolute atomic E-state index is 12.5. The number of alkyl halides is 2. The van der Waals surface area contributed by atoms with E-state index in [9.17, 15) is 8.78 Å². The summed E-state index contributed by atoms with van der Waals surface area (Å²) in [7, 11) is 3.52. The third kappa shape index (κ3) is 6.12. The first-order valence-corrected chi connectivity index (χ1v) is 7.63. The Morgan fingerprint density at radius 1 is 1.26 bits per heavy atom. The predicted octanol–water partition coefficient (Wildman–Crippen LogP) is 3.29. The molecular formula is C16H25ClF2N2O2. The molecule has 0 bridgehead atoms. The van der Waals surface area contributed by atoms with Gasteiger partial charge in [0.1, 0.15) is 0 Å². The predicted molar refractivity (Wildman–Crippen MR) is 88.8 cm³/mol. The lowest BCUT2D eigenvalue weighted by atomic mass is 10.1. The minimum absolute atomic E-state index is 0. The first kappa shape index (κ1) is 19.9. The quantitative estimate of drug-likeness (QED) is 0.853. The fraction of sp³-hybridized carbons (Fsp3) is 0.625. The number of ether oxygens (including phenoxy) is 2. The maximum atomic E-state index is 12.5. The Bertz CT molecular complexity index is 469. The van der Waals surface area contributed by atoms with Gasteiger partial charge in [0.05, 0.1) is 7.11 Å². The van der Waals surface area contributed by atoms with Crippen molar-refractivity contribution in [2.45, 2.75) is 38.5 Å². The van der Waals surface area contributed by atoms with Gasteiger partial charge in [-0.1, -0.05) is 6.07 Å². The summed E-state index contributed by atoms with van der Waals surface area (Å²) in [6.07, 6.45) is 3.42. The Hall–Kier alpha value is -1.11. The molecule has 1 atom stereocenters. The first-order chi connectivity index (χ1) is 10.6. The summed E-state index contributed by atoms with van der Waals surface area (Å²) < 4.78 is 34.5. The van der Waals surface area contributed by atoms with Crippen LogP contribution in [0.4, 0.5) is 8.78 Å². The molecule has 0 radical (unpaired) electrons. The lowest BCUT2D eigenvalue weighted by Crippen LogP contribution is -2.32. The van der Waals surface area contributed by atoms with Crippen LogP contribution in [0.25, 0.3) is 0 Å². The van der Waals surface area contributed by atoms with Gasteiger partial charge in [0, 0.05) is 12.6 Å². The summed E-state index contributed by atoms with van der Waals surface area (Å²) in [5.74, 6) is 0.413. The third-order valence-corrected chi connectivity index (χ3v) is 4.04. The van der Waals surface area contributed by atoms with E-state index in [1.54, 1.807) is 12.1 Å². The molecule has 1 heterocycles. The number of halogens is 3. The Morgan fingerprint density at radius 3 is 2.74 bits per heavy atom. The highest BCUT2D eigenvalue weighted by Gasteiger charge is 2.18. The fourth-order valence-corrected chi connectivity index (χ4v) is 2.87. The molecular weight excluding hydrogens is 326 g/mol. The van der Waals surface area contributed by atoms with E-state index in [0.717, 1.165) is 37.9 Å². The van der Waals surface area contributed by atoms with Gasteiger partial charge >= 0.3 is 6.61 Å². The summed E-state index contributed by atoms with van der Waals surface area (Å²) in [5.41, 5.74) is 0.941. The molecule has 2 rings (SSSR count). The number of nitrogens with zero attached hydrogens (tertiary/aromatic N) is 1. The molecule has 0 spiro atoms. The highest BCUT2D eigenvalue weighted by Crippen LogP contribution is 2.30.